The molecule has 4 unspecified atom stereocenters. The van der Waals surface area contributed by atoms with Gasteiger partial charge in [-0.1, -0.05) is 44.2 Å². The minimum absolute atomic E-state index is 0.0416. The van der Waals surface area contributed by atoms with Crippen LogP contribution in [0.1, 0.15) is 39.7 Å². The maximum Gasteiger partial charge on any atom is 0.405 e. The Bertz CT molecular complexity index is 1210. The standard InChI is InChI=1S/C31H45N3O8/c1-8-12-33-26-21-13-17(2)14-25(41-7)27(36)19(4)15-20(5)29(42-31(32)39)24(40-6)11-9-10-18(3)30(38)34-22(28(21)37)16-23(26)35/h8-11,15-17,19,24-25,27,29,33,35-37H,1,12-14H2,2-7H3,(H2,32,39)(H,34,38)/b11-9-,18-10+,20-15+/t17?,19-,24?,25-,27?,29?/m0/s1. The maximum atomic E-state index is 13.0. The molecule has 0 saturated carbocycles. The van der Waals surface area contributed by atoms with Crippen molar-refractivity contribution in [3.8, 4) is 11.5 Å². The first-order chi connectivity index (χ1) is 19.8. The zero-order valence-electron chi connectivity index (χ0n) is 25.2. The van der Waals surface area contributed by atoms with Gasteiger partial charge in [-0.3, -0.25) is 4.79 Å². The second-order valence-electron chi connectivity index (χ2n) is 10.6. The maximum absolute atomic E-state index is 13.0. The summed E-state index contributed by atoms with van der Waals surface area (Å²) >= 11 is 0. The molecule has 11 heteroatoms. The van der Waals surface area contributed by atoms with Crippen LogP contribution in [0, 0.1) is 11.8 Å². The summed E-state index contributed by atoms with van der Waals surface area (Å²) in [5, 5.41) is 39.1. The highest BCUT2D eigenvalue weighted by molar-refractivity contribution is 6.04. The number of anilines is 2. The first-order valence-corrected chi connectivity index (χ1v) is 13.8. The number of nitrogens with one attached hydrogen (secondary N) is 2. The number of rotatable bonds is 6. The molecule has 1 aliphatic heterocycles. The number of carbonyl (C=O) groups is 2. The molecule has 0 aliphatic carbocycles. The molecule has 232 valence electrons. The lowest BCUT2D eigenvalue weighted by atomic mass is 9.87. The normalized spacial score (nSPS) is 29.3. The first-order valence-electron chi connectivity index (χ1n) is 13.8. The van der Waals surface area contributed by atoms with E-state index in [4.69, 9.17) is 19.9 Å². The fourth-order valence-electron chi connectivity index (χ4n) is 4.98. The average molecular weight is 588 g/mol. The lowest BCUT2D eigenvalue weighted by molar-refractivity contribution is -0.112. The Hall–Kier alpha value is -3.80. The van der Waals surface area contributed by atoms with Crippen molar-refractivity contribution in [2.75, 3.05) is 31.4 Å². The predicted molar refractivity (Wildman–Crippen MR) is 162 cm³/mol. The highest BCUT2D eigenvalue weighted by atomic mass is 16.6. The third-order valence-electron chi connectivity index (χ3n) is 7.25. The van der Waals surface area contributed by atoms with Crippen LogP contribution in [0.25, 0.3) is 0 Å². The number of fused-ring (bicyclic) bond motifs is 2. The van der Waals surface area contributed by atoms with Gasteiger partial charge in [-0.2, -0.15) is 0 Å². The van der Waals surface area contributed by atoms with Gasteiger partial charge in [0.25, 0.3) is 5.91 Å². The van der Waals surface area contributed by atoms with Gasteiger partial charge in [-0.05, 0) is 38.2 Å². The summed E-state index contributed by atoms with van der Waals surface area (Å²) in [5.74, 6) is -1.41. The number of nitrogens with two attached hydrogens (primary N) is 1. The number of benzene rings is 1. The number of primary amides is 1. The zero-order valence-corrected chi connectivity index (χ0v) is 25.2. The molecular weight excluding hydrogens is 542 g/mol. The second kappa shape index (κ2) is 16.0. The summed E-state index contributed by atoms with van der Waals surface area (Å²) in [4.78, 5) is 24.7. The van der Waals surface area contributed by atoms with Crippen LogP contribution in [0.15, 0.2) is 54.2 Å². The Morgan fingerprint density at radius 3 is 2.52 bits per heavy atom. The highest BCUT2D eigenvalue weighted by Gasteiger charge is 2.30. The van der Waals surface area contributed by atoms with Gasteiger partial charge in [0.1, 0.15) is 17.6 Å². The van der Waals surface area contributed by atoms with Crippen LogP contribution < -0.4 is 16.4 Å². The van der Waals surface area contributed by atoms with E-state index in [1.165, 1.54) is 26.4 Å². The number of aromatic hydroxyl groups is 2. The van der Waals surface area contributed by atoms with E-state index in [0.717, 1.165) is 0 Å². The predicted octanol–water partition coefficient (Wildman–Crippen LogP) is 4.16. The summed E-state index contributed by atoms with van der Waals surface area (Å²) in [6.07, 6.45) is 4.64. The number of hydrogen-bond donors (Lipinski definition) is 6. The Kier molecular flexibility index (Phi) is 13.1. The van der Waals surface area contributed by atoms with Crippen LogP contribution >= 0.6 is 0 Å². The van der Waals surface area contributed by atoms with Crippen molar-refractivity contribution >= 4 is 23.4 Å². The van der Waals surface area contributed by atoms with Gasteiger partial charge >= 0.3 is 6.09 Å². The molecule has 1 heterocycles. The van der Waals surface area contributed by atoms with Crippen LogP contribution in [0.5, 0.6) is 11.5 Å². The quantitative estimate of drug-likeness (QED) is 0.162. The summed E-state index contributed by atoms with van der Waals surface area (Å²) in [6.45, 7) is 11.1. The van der Waals surface area contributed by atoms with Crippen molar-refractivity contribution < 1.29 is 39.1 Å². The van der Waals surface area contributed by atoms with Crippen molar-refractivity contribution in [2.24, 2.45) is 17.6 Å². The van der Waals surface area contributed by atoms with E-state index in [-0.39, 0.29) is 23.1 Å². The number of carbonyl (C=O) groups excluding carboxylic acids is 2. The van der Waals surface area contributed by atoms with Crippen molar-refractivity contribution in [3.05, 3.63) is 59.7 Å². The van der Waals surface area contributed by atoms with E-state index in [2.05, 4.69) is 17.2 Å². The first kappa shape index (κ1) is 34.4. The van der Waals surface area contributed by atoms with Gasteiger partial charge in [-0.25, -0.2) is 4.79 Å². The van der Waals surface area contributed by atoms with E-state index in [1.54, 1.807) is 38.2 Å². The molecule has 1 aromatic carbocycles. The van der Waals surface area contributed by atoms with E-state index >= 15 is 0 Å². The molecule has 11 nitrogen and oxygen atoms in total. The zero-order chi connectivity index (χ0) is 31.6. The van der Waals surface area contributed by atoms with Gasteiger partial charge < -0.3 is 45.9 Å². The molecule has 1 aliphatic rings. The number of aliphatic hydroxyl groups is 1. The number of hydrogen-bond acceptors (Lipinski definition) is 9. The van der Waals surface area contributed by atoms with Crippen molar-refractivity contribution in [1.29, 1.82) is 0 Å². The smallest absolute Gasteiger partial charge is 0.405 e. The summed E-state index contributed by atoms with van der Waals surface area (Å²) in [6, 6.07) is 1.28. The van der Waals surface area contributed by atoms with Crippen molar-refractivity contribution in [3.63, 3.8) is 0 Å². The summed E-state index contributed by atoms with van der Waals surface area (Å²) in [5.41, 5.74) is 7.01. The second-order valence-corrected chi connectivity index (χ2v) is 10.6. The topological polar surface area (TPSA) is 173 Å². The average Bonchev–Trinajstić information content (AvgIpc) is 2.94. The molecule has 42 heavy (non-hydrogen) atoms. The molecular formula is C31H45N3O8. The Balaban J connectivity index is 2.67. The molecule has 0 fully saturated rings. The lowest BCUT2D eigenvalue weighted by Gasteiger charge is -2.29. The number of ether oxygens (including phenoxy) is 3. The number of amides is 2. The number of methoxy groups -OCH3 is 2. The molecule has 0 radical (unpaired) electrons. The summed E-state index contributed by atoms with van der Waals surface area (Å²) < 4.78 is 16.6. The van der Waals surface area contributed by atoms with E-state index in [1.807, 2.05) is 13.8 Å². The summed E-state index contributed by atoms with van der Waals surface area (Å²) in [7, 11) is 2.95. The number of phenolic OH excluding ortho intramolecular Hbond substituents is 2. The molecule has 0 spiro atoms. The minimum atomic E-state index is -0.990. The van der Waals surface area contributed by atoms with Gasteiger partial charge in [-0.15, -0.1) is 6.58 Å². The van der Waals surface area contributed by atoms with Crippen molar-refractivity contribution in [2.45, 2.75) is 65.0 Å². The monoisotopic (exact) mass is 587 g/mol. The van der Waals surface area contributed by atoms with Gasteiger partial charge in [0.2, 0.25) is 0 Å². The molecule has 2 rings (SSSR count). The largest absolute Gasteiger partial charge is 0.506 e. The Labute approximate surface area is 247 Å². The third-order valence-corrected chi connectivity index (χ3v) is 7.25. The van der Waals surface area contributed by atoms with Gasteiger partial charge in [0.05, 0.1) is 23.6 Å². The molecule has 1 aromatic rings. The molecule has 0 aromatic heterocycles. The fourth-order valence-corrected chi connectivity index (χ4v) is 4.98. The van der Waals surface area contributed by atoms with E-state index < -0.39 is 42.3 Å². The molecule has 0 saturated heterocycles. The highest BCUT2D eigenvalue weighted by Crippen LogP contribution is 2.42. The van der Waals surface area contributed by atoms with E-state index in [9.17, 15) is 24.9 Å². The Morgan fingerprint density at radius 1 is 1.24 bits per heavy atom. The fraction of sp³-hybridized carbons (Fsp3) is 0.484. The van der Waals surface area contributed by atoms with Crippen molar-refractivity contribution in [1.82, 2.24) is 0 Å². The number of aliphatic hydroxyl groups excluding tert-OH is 1. The number of phenols is 2. The molecule has 6 atom stereocenters. The minimum Gasteiger partial charge on any atom is -0.506 e. The van der Waals surface area contributed by atoms with E-state index in [0.29, 0.717) is 41.8 Å². The third kappa shape index (κ3) is 9.10. The van der Waals surface area contributed by atoms with Gasteiger partial charge in [0, 0.05) is 43.9 Å². The van der Waals surface area contributed by atoms with Gasteiger partial charge in [0.15, 0.2) is 6.10 Å². The van der Waals surface area contributed by atoms with Crippen LogP contribution in [0.4, 0.5) is 16.2 Å². The SMILES string of the molecule is C=CCNc1c(O)cc2c(O)c1CC(C)C[C@H](OC)C(O)[C@@H](C)/C=C(\C)C(OC(N)=O)C(OC)/C=C\C=C(/C)C(=O)N2. The van der Waals surface area contributed by atoms with Crippen LogP contribution in [-0.4, -0.2) is 72.5 Å². The lowest BCUT2D eigenvalue weighted by Crippen LogP contribution is -2.37. The molecule has 2 bridgehead atoms. The Morgan fingerprint density at radius 2 is 1.93 bits per heavy atom. The molecule has 7 N–H and O–H groups in total. The number of allylic oxidation sites excluding steroid dienone is 2. The van der Waals surface area contributed by atoms with Crippen LogP contribution in [0.3, 0.4) is 0 Å². The molecule has 2 amide bonds. The van der Waals surface area contributed by atoms with Crippen LogP contribution in [-0.2, 0) is 25.4 Å². The van der Waals surface area contributed by atoms with Crippen LogP contribution in [0.2, 0.25) is 0 Å².